The van der Waals surface area contributed by atoms with Gasteiger partial charge in [-0.05, 0) is 72.9 Å². The first-order valence-electron chi connectivity index (χ1n) is 11.0. The Balaban J connectivity index is 1.39. The third-order valence-electron chi connectivity index (χ3n) is 6.49. The van der Waals surface area contributed by atoms with Gasteiger partial charge in [0.1, 0.15) is 11.5 Å². The first-order valence-corrected chi connectivity index (χ1v) is 12.4. The van der Waals surface area contributed by atoms with Gasteiger partial charge >= 0.3 is 0 Å². The predicted molar refractivity (Wildman–Crippen MR) is 126 cm³/mol. The second kappa shape index (κ2) is 8.95. The van der Waals surface area contributed by atoms with Crippen LogP contribution in [0.25, 0.3) is 0 Å². The van der Waals surface area contributed by atoms with E-state index in [2.05, 4.69) is 34.1 Å². The molecule has 1 fully saturated rings. The van der Waals surface area contributed by atoms with Gasteiger partial charge in [-0.3, -0.25) is 4.90 Å². The average Bonchev–Trinajstić information content (AvgIpc) is 3.20. The zero-order valence-electron chi connectivity index (χ0n) is 17.6. The Morgan fingerprint density at radius 3 is 2.52 bits per heavy atom. The van der Waals surface area contributed by atoms with Crippen molar-refractivity contribution in [3.63, 3.8) is 0 Å². The highest BCUT2D eigenvalue weighted by molar-refractivity contribution is 7.90. The molecule has 0 saturated carbocycles. The zero-order valence-corrected chi connectivity index (χ0v) is 18.4. The summed E-state index contributed by atoms with van der Waals surface area (Å²) in [6.07, 6.45) is 3.37. The zero-order chi connectivity index (χ0) is 21.2. The fourth-order valence-electron chi connectivity index (χ4n) is 4.86. The van der Waals surface area contributed by atoms with Crippen LogP contribution in [0.5, 0.6) is 5.75 Å². The van der Waals surface area contributed by atoms with Gasteiger partial charge in [0.15, 0.2) is 4.90 Å². The van der Waals surface area contributed by atoms with Gasteiger partial charge in [0.2, 0.25) is 0 Å². The van der Waals surface area contributed by atoms with Crippen molar-refractivity contribution in [3.8, 4) is 5.75 Å². The van der Waals surface area contributed by atoms with Gasteiger partial charge in [0.05, 0.1) is 5.69 Å². The number of fused-ring (bicyclic) bond motifs is 2. The summed E-state index contributed by atoms with van der Waals surface area (Å²) in [5.74, 6) is 0.887. The molecule has 2 heterocycles. The minimum Gasteiger partial charge on any atom is -0.611 e. The van der Waals surface area contributed by atoms with E-state index in [0.29, 0.717) is 17.5 Å². The molecule has 2 aliphatic heterocycles. The second-order valence-electron chi connectivity index (χ2n) is 8.45. The number of hydrogen-bond acceptors (Lipinski definition) is 4. The Labute approximate surface area is 187 Å². The lowest BCUT2D eigenvalue weighted by Gasteiger charge is -2.32. The van der Waals surface area contributed by atoms with Crippen molar-refractivity contribution in [3.05, 3.63) is 83.9 Å². The van der Waals surface area contributed by atoms with Crippen molar-refractivity contribution < 1.29 is 9.66 Å². The fourth-order valence-corrected chi connectivity index (χ4v) is 6.18. The van der Waals surface area contributed by atoms with Crippen LogP contribution in [0.4, 0.5) is 11.4 Å². The molecule has 3 aromatic carbocycles. The fraction of sp³-hybridized carbons (Fsp3) is 0.308. The van der Waals surface area contributed by atoms with Gasteiger partial charge in [-0.15, -0.1) is 0 Å². The smallest absolute Gasteiger partial charge is 0.176 e. The van der Waals surface area contributed by atoms with E-state index < -0.39 is 11.2 Å². The summed E-state index contributed by atoms with van der Waals surface area (Å²) in [5.41, 5.74) is 4.68. The molecule has 4 nitrogen and oxygen atoms in total. The summed E-state index contributed by atoms with van der Waals surface area (Å²) in [6, 6.07) is 24.6. The highest BCUT2D eigenvalue weighted by atomic mass is 32.2. The predicted octanol–water partition coefficient (Wildman–Crippen LogP) is 4.86. The number of aromatic hydroxyl groups is 1. The van der Waals surface area contributed by atoms with Crippen molar-refractivity contribution in [2.24, 2.45) is 0 Å². The van der Waals surface area contributed by atoms with E-state index >= 15 is 0 Å². The van der Waals surface area contributed by atoms with Gasteiger partial charge in [0, 0.05) is 30.4 Å². The molecule has 5 rings (SSSR count). The number of phenolic OH excluding ortho intramolecular Hbond substituents is 1. The number of likely N-dealkylation sites (tertiary alicyclic amines) is 1. The molecule has 0 amide bonds. The Bertz CT molecular complexity index is 1040. The van der Waals surface area contributed by atoms with Gasteiger partial charge in [0.25, 0.3) is 0 Å². The van der Waals surface area contributed by atoms with Crippen molar-refractivity contribution in [1.29, 1.82) is 0 Å². The molecule has 31 heavy (non-hydrogen) atoms. The van der Waals surface area contributed by atoms with Crippen molar-refractivity contribution in [1.82, 2.24) is 4.90 Å². The summed E-state index contributed by atoms with van der Waals surface area (Å²) < 4.78 is 13.1. The molecule has 0 aliphatic carbocycles. The summed E-state index contributed by atoms with van der Waals surface area (Å²) in [4.78, 5) is 5.94. The third kappa shape index (κ3) is 4.31. The lowest BCUT2D eigenvalue weighted by molar-refractivity contribution is 0.261. The maximum absolute atomic E-state index is 13.1. The highest BCUT2D eigenvalue weighted by Crippen LogP contribution is 2.40. The van der Waals surface area contributed by atoms with E-state index in [1.54, 1.807) is 12.1 Å². The van der Waals surface area contributed by atoms with E-state index in [9.17, 15) is 9.66 Å². The first-order chi connectivity index (χ1) is 15.2. The SMILES string of the molecule is [O-][S+]1Cc2ccccc2N(C[C@@H]2CCCN2CCc2ccc(O)cc2)c2ccccc21. The molecular weight excluding hydrogens is 404 g/mol. The third-order valence-corrected chi connectivity index (χ3v) is 7.90. The summed E-state index contributed by atoms with van der Waals surface area (Å²) in [5, 5.41) is 9.53. The van der Waals surface area contributed by atoms with E-state index in [1.807, 2.05) is 36.4 Å². The highest BCUT2D eigenvalue weighted by Gasteiger charge is 2.32. The van der Waals surface area contributed by atoms with Crippen LogP contribution in [0.1, 0.15) is 24.0 Å². The number of hydrogen-bond donors (Lipinski definition) is 1. The van der Waals surface area contributed by atoms with E-state index in [4.69, 9.17) is 0 Å². The van der Waals surface area contributed by atoms with Gasteiger partial charge < -0.3 is 14.6 Å². The Morgan fingerprint density at radius 1 is 0.935 bits per heavy atom. The molecular formula is C26H28N2O2S. The van der Waals surface area contributed by atoms with Crippen LogP contribution in [0, 0.1) is 0 Å². The molecule has 1 saturated heterocycles. The summed E-state index contributed by atoms with van der Waals surface area (Å²) in [7, 11) is 0. The van der Waals surface area contributed by atoms with Crippen LogP contribution in [0.15, 0.2) is 77.7 Å². The molecule has 1 unspecified atom stereocenters. The number of nitrogens with zero attached hydrogens (tertiary/aromatic N) is 2. The standard InChI is InChI=1S/C26H28N2O2S/c29-23-13-11-20(12-14-23)15-17-27-16-5-7-22(27)18-28-24-8-2-1-6-21(24)19-31(30)26-10-4-3-9-25(26)28/h1-4,6,8-14,22,29H,5,7,15-19H2/t22-,31?/m0/s1. The van der Waals surface area contributed by atoms with Crippen LogP contribution in [-0.4, -0.2) is 40.2 Å². The van der Waals surface area contributed by atoms with Gasteiger partial charge in [-0.25, -0.2) is 0 Å². The van der Waals surface area contributed by atoms with Crippen molar-refractivity contribution >= 4 is 22.6 Å². The normalized spacial score (nSPS) is 20.9. The Kier molecular flexibility index (Phi) is 5.90. The summed E-state index contributed by atoms with van der Waals surface area (Å²) >= 11 is -1.03. The number of phenols is 1. The topological polar surface area (TPSA) is 49.8 Å². The van der Waals surface area contributed by atoms with E-state index in [-0.39, 0.29) is 0 Å². The molecule has 2 atom stereocenters. The van der Waals surface area contributed by atoms with Crippen LogP contribution in [0.2, 0.25) is 0 Å². The quantitative estimate of drug-likeness (QED) is 0.585. The molecule has 1 N–H and O–H groups in total. The summed E-state index contributed by atoms with van der Waals surface area (Å²) in [6.45, 7) is 3.03. The number of rotatable bonds is 5. The largest absolute Gasteiger partial charge is 0.611 e. The average molecular weight is 433 g/mol. The van der Waals surface area contributed by atoms with Crippen LogP contribution in [0.3, 0.4) is 0 Å². The van der Waals surface area contributed by atoms with E-state index in [0.717, 1.165) is 42.2 Å². The molecule has 0 bridgehead atoms. The minimum atomic E-state index is -1.03. The number of anilines is 2. The molecule has 3 aromatic rings. The van der Waals surface area contributed by atoms with Gasteiger partial charge in [-0.2, -0.15) is 0 Å². The van der Waals surface area contributed by atoms with E-state index in [1.165, 1.54) is 24.1 Å². The molecule has 160 valence electrons. The Hall–Kier alpha value is -2.47. The van der Waals surface area contributed by atoms with Crippen molar-refractivity contribution in [2.45, 2.75) is 36.0 Å². The van der Waals surface area contributed by atoms with Crippen molar-refractivity contribution in [2.75, 3.05) is 24.5 Å². The Morgan fingerprint density at radius 2 is 1.68 bits per heavy atom. The van der Waals surface area contributed by atoms with Crippen LogP contribution in [-0.2, 0) is 23.3 Å². The molecule has 0 aromatic heterocycles. The number of benzene rings is 3. The lowest BCUT2D eigenvalue weighted by Crippen LogP contribution is -2.40. The van der Waals surface area contributed by atoms with Crippen LogP contribution >= 0.6 is 0 Å². The molecule has 0 spiro atoms. The number of para-hydroxylation sites is 2. The molecule has 2 aliphatic rings. The minimum absolute atomic E-state index is 0.318. The first kappa shape index (κ1) is 20.4. The molecule has 5 heteroatoms. The van der Waals surface area contributed by atoms with Crippen LogP contribution < -0.4 is 4.90 Å². The second-order valence-corrected chi connectivity index (χ2v) is 9.86. The monoisotopic (exact) mass is 432 g/mol. The maximum Gasteiger partial charge on any atom is 0.176 e. The maximum atomic E-state index is 13.1. The lowest BCUT2D eigenvalue weighted by atomic mass is 10.1. The van der Waals surface area contributed by atoms with Gasteiger partial charge in [-0.1, -0.05) is 42.5 Å². The molecule has 0 radical (unpaired) electrons.